The van der Waals surface area contributed by atoms with Gasteiger partial charge in [0.25, 0.3) is 0 Å². The second-order valence-electron chi connectivity index (χ2n) is 7.25. The van der Waals surface area contributed by atoms with Crippen LogP contribution in [0.2, 0.25) is 0 Å². The molecule has 0 fully saturated rings. The molecule has 0 aliphatic heterocycles. The number of rotatable bonds is 7. The minimum atomic E-state index is -0.145. The highest BCUT2D eigenvalue weighted by molar-refractivity contribution is 5.91. The van der Waals surface area contributed by atoms with Gasteiger partial charge in [-0.15, -0.1) is 0 Å². The van der Waals surface area contributed by atoms with Crippen molar-refractivity contribution >= 4 is 12.0 Å². The number of para-hydroxylation sites is 1. The highest BCUT2D eigenvalue weighted by Crippen LogP contribution is 2.23. The summed E-state index contributed by atoms with van der Waals surface area (Å²) in [6, 6.07) is 12.0. The van der Waals surface area contributed by atoms with Gasteiger partial charge in [-0.1, -0.05) is 18.2 Å². The first-order valence-electron chi connectivity index (χ1n) is 9.73. The van der Waals surface area contributed by atoms with Crippen molar-refractivity contribution in [1.29, 1.82) is 0 Å². The van der Waals surface area contributed by atoms with Crippen molar-refractivity contribution in [2.45, 2.75) is 40.3 Å². The minimum Gasteiger partial charge on any atom is -0.496 e. The van der Waals surface area contributed by atoms with Gasteiger partial charge in [-0.3, -0.25) is 4.79 Å². The Morgan fingerprint density at radius 2 is 2.00 bits per heavy atom. The van der Waals surface area contributed by atoms with Crippen LogP contribution in [0.4, 0.5) is 0 Å². The summed E-state index contributed by atoms with van der Waals surface area (Å²) in [7, 11) is 1.63. The van der Waals surface area contributed by atoms with Crippen LogP contribution in [0.5, 0.6) is 5.75 Å². The third-order valence-electron chi connectivity index (χ3n) is 4.90. The van der Waals surface area contributed by atoms with Crippen LogP contribution in [0.25, 0.3) is 11.9 Å². The molecule has 2 heterocycles. The van der Waals surface area contributed by atoms with Gasteiger partial charge in [0.1, 0.15) is 11.6 Å². The van der Waals surface area contributed by atoms with Crippen molar-refractivity contribution in [3.05, 3.63) is 71.2 Å². The second kappa shape index (κ2) is 8.82. The Morgan fingerprint density at radius 3 is 2.72 bits per heavy atom. The number of hydrogen-bond donors (Lipinski definition) is 1. The lowest BCUT2D eigenvalue weighted by Crippen LogP contribution is -2.20. The summed E-state index contributed by atoms with van der Waals surface area (Å²) in [6.45, 7) is 8.75. The van der Waals surface area contributed by atoms with Crippen LogP contribution in [0.15, 0.2) is 48.7 Å². The van der Waals surface area contributed by atoms with Gasteiger partial charge in [0.2, 0.25) is 5.91 Å². The molecule has 0 spiro atoms. The molecule has 6 heteroatoms. The Bertz CT molecular complexity index is 1030. The number of nitrogens with zero attached hydrogens (tertiary/aromatic N) is 3. The zero-order chi connectivity index (χ0) is 21.0. The first kappa shape index (κ1) is 20.5. The fourth-order valence-electron chi connectivity index (χ4n) is 3.45. The van der Waals surface area contributed by atoms with E-state index in [4.69, 9.17) is 4.74 Å². The van der Waals surface area contributed by atoms with Gasteiger partial charge in [0.15, 0.2) is 0 Å². The minimum absolute atomic E-state index is 0.145. The number of nitrogens with one attached hydrogen (secondary N) is 1. The highest BCUT2D eigenvalue weighted by atomic mass is 16.5. The zero-order valence-electron chi connectivity index (χ0n) is 17.6. The molecule has 1 N–H and O–H groups in total. The monoisotopic (exact) mass is 392 g/mol. The largest absolute Gasteiger partial charge is 0.496 e. The maximum atomic E-state index is 12.3. The maximum absolute atomic E-state index is 12.3. The number of amides is 1. The summed E-state index contributed by atoms with van der Waals surface area (Å²) in [5, 5.41) is 7.34. The normalized spacial score (nSPS) is 11.4. The fraction of sp³-hybridized carbons (Fsp3) is 0.304. The smallest absolute Gasteiger partial charge is 0.244 e. The Balaban J connectivity index is 1.74. The molecule has 0 atom stereocenters. The summed E-state index contributed by atoms with van der Waals surface area (Å²) in [5.41, 5.74) is 4.11. The van der Waals surface area contributed by atoms with Crippen LogP contribution in [0.3, 0.4) is 0 Å². The van der Waals surface area contributed by atoms with Crippen LogP contribution in [-0.4, -0.2) is 27.4 Å². The number of hydrogen-bond acceptors (Lipinski definition) is 3. The van der Waals surface area contributed by atoms with Crippen LogP contribution in [-0.2, 0) is 11.3 Å². The van der Waals surface area contributed by atoms with Gasteiger partial charge in [0.05, 0.1) is 13.3 Å². The SMILES string of the molecule is COc1ccccc1CNC(=O)/C=C/c1cc(C)n(-c2ccnn2C(C)C)c1C. The molecule has 6 nitrogen and oxygen atoms in total. The third-order valence-corrected chi connectivity index (χ3v) is 4.90. The lowest BCUT2D eigenvalue weighted by Gasteiger charge is -2.15. The van der Waals surface area contributed by atoms with E-state index < -0.39 is 0 Å². The lowest BCUT2D eigenvalue weighted by atomic mass is 10.2. The van der Waals surface area contributed by atoms with Crippen LogP contribution < -0.4 is 10.1 Å². The molecule has 3 aromatic rings. The Labute approximate surface area is 171 Å². The molecule has 0 unspecified atom stereocenters. The van der Waals surface area contributed by atoms with E-state index in [-0.39, 0.29) is 11.9 Å². The van der Waals surface area contributed by atoms with E-state index in [1.165, 1.54) is 0 Å². The van der Waals surface area contributed by atoms with Gasteiger partial charge in [-0.2, -0.15) is 5.10 Å². The fourth-order valence-corrected chi connectivity index (χ4v) is 3.45. The first-order chi connectivity index (χ1) is 13.9. The number of benzene rings is 1. The molecule has 0 aliphatic rings. The number of carbonyl (C=O) groups is 1. The molecule has 3 rings (SSSR count). The van der Waals surface area contributed by atoms with E-state index in [0.717, 1.165) is 34.1 Å². The molecular weight excluding hydrogens is 364 g/mol. The predicted molar refractivity (Wildman–Crippen MR) is 115 cm³/mol. The van der Waals surface area contributed by atoms with Crippen molar-refractivity contribution in [3.63, 3.8) is 0 Å². The van der Waals surface area contributed by atoms with E-state index in [1.54, 1.807) is 13.2 Å². The molecular formula is C23H28N4O2. The maximum Gasteiger partial charge on any atom is 0.244 e. The Hall–Kier alpha value is -3.28. The highest BCUT2D eigenvalue weighted by Gasteiger charge is 2.14. The number of carbonyl (C=O) groups excluding carboxylic acids is 1. The third kappa shape index (κ3) is 4.42. The van der Waals surface area contributed by atoms with Crippen molar-refractivity contribution in [2.75, 3.05) is 7.11 Å². The number of aryl methyl sites for hydroxylation is 1. The van der Waals surface area contributed by atoms with E-state index in [9.17, 15) is 4.79 Å². The van der Waals surface area contributed by atoms with E-state index >= 15 is 0 Å². The van der Waals surface area contributed by atoms with Gasteiger partial charge < -0.3 is 14.6 Å². The number of aromatic nitrogens is 3. The van der Waals surface area contributed by atoms with Crippen molar-refractivity contribution in [1.82, 2.24) is 19.7 Å². The predicted octanol–water partition coefficient (Wildman–Crippen LogP) is 4.21. The Kier molecular flexibility index (Phi) is 6.22. The summed E-state index contributed by atoms with van der Waals surface area (Å²) in [5.74, 6) is 1.64. The van der Waals surface area contributed by atoms with Crippen molar-refractivity contribution in [3.8, 4) is 11.6 Å². The summed E-state index contributed by atoms with van der Waals surface area (Å²) < 4.78 is 9.48. The molecule has 0 saturated heterocycles. The molecule has 29 heavy (non-hydrogen) atoms. The lowest BCUT2D eigenvalue weighted by molar-refractivity contribution is -0.116. The Morgan fingerprint density at radius 1 is 1.24 bits per heavy atom. The van der Waals surface area contributed by atoms with Gasteiger partial charge in [0, 0.05) is 41.7 Å². The summed E-state index contributed by atoms with van der Waals surface area (Å²) >= 11 is 0. The number of ether oxygens (including phenoxy) is 1. The standard InChI is InChI=1S/C23H28N4O2/c1-16(2)27-23(12-13-25-27)26-17(3)14-19(18(26)4)10-11-22(28)24-15-20-8-6-7-9-21(20)29-5/h6-14,16H,15H2,1-5H3,(H,24,28)/b11-10+. The van der Waals surface area contributed by atoms with Crippen molar-refractivity contribution in [2.24, 2.45) is 0 Å². The molecule has 0 radical (unpaired) electrons. The van der Waals surface area contributed by atoms with Gasteiger partial charge >= 0.3 is 0 Å². The second-order valence-corrected chi connectivity index (χ2v) is 7.25. The van der Waals surface area contributed by atoms with Gasteiger partial charge in [-0.25, -0.2) is 4.68 Å². The molecule has 0 saturated carbocycles. The summed E-state index contributed by atoms with van der Waals surface area (Å²) in [6.07, 6.45) is 5.24. The molecule has 152 valence electrons. The van der Waals surface area contributed by atoms with Crippen LogP contribution in [0.1, 0.15) is 42.4 Å². The summed E-state index contributed by atoms with van der Waals surface area (Å²) in [4.78, 5) is 12.3. The van der Waals surface area contributed by atoms with E-state index in [0.29, 0.717) is 6.54 Å². The zero-order valence-corrected chi connectivity index (χ0v) is 17.6. The molecule has 0 aliphatic carbocycles. The van der Waals surface area contributed by atoms with E-state index in [1.807, 2.05) is 47.3 Å². The number of methoxy groups -OCH3 is 1. The molecule has 1 aromatic carbocycles. The molecule has 0 bridgehead atoms. The average molecular weight is 393 g/mol. The van der Waals surface area contributed by atoms with Crippen LogP contribution in [0, 0.1) is 13.8 Å². The van der Waals surface area contributed by atoms with Gasteiger partial charge in [-0.05, 0) is 51.5 Å². The topological polar surface area (TPSA) is 61.1 Å². The van der Waals surface area contributed by atoms with Crippen molar-refractivity contribution < 1.29 is 9.53 Å². The molecule has 1 amide bonds. The average Bonchev–Trinajstić information content (AvgIpc) is 3.29. The van der Waals surface area contributed by atoms with E-state index in [2.05, 4.69) is 48.7 Å². The first-order valence-corrected chi connectivity index (χ1v) is 9.73. The molecule has 2 aromatic heterocycles. The quantitative estimate of drug-likeness (QED) is 0.613. The van der Waals surface area contributed by atoms with Crippen LogP contribution >= 0.6 is 0 Å².